The molecule has 0 fully saturated rings. The smallest absolute Gasteiger partial charge is 0.339 e. The second kappa shape index (κ2) is 7.77. The zero-order valence-electron chi connectivity index (χ0n) is 13.2. The van der Waals surface area contributed by atoms with Gasteiger partial charge in [-0.05, 0) is 26.0 Å². The summed E-state index contributed by atoms with van der Waals surface area (Å²) in [6.07, 6.45) is 0. The molecule has 8 heteroatoms. The van der Waals surface area contributed by atoms with Crippen LogP contribution in [0.2, 0.25) is 0 Å². The van der Waals surface area contributed by atoms with Crippen LogP contribution in [0, 0.1) is 6.92 Å². The molecular weight excluding hydrogens is 316 g/mol. The number of carbonyl (C=O) groups excluding carboxylic acids is 2. The molecule has 2 rings (SSSR count). The largest absolute Gasteiger partial charge is 0.465 e. The Hall–Kier alpha value is -2.35. The van der Waals surface area contributed by atoms with E-state index in [9.17, 15) is 9.59 Å². The lowest BCUT2D eigenvalue weighted by Crippen LogP contribution is -2.17. The third kappa shape index (κ3) is 4.10. The number of para-hydroxylation sites is 1. The van der Waals surface area contributed by atoms with E-state index < -0.39 is 5.97 Å². The molecule has 0 spiro atoms. The van der Waals surface area contributed by atoms with E-state index in [1.165, 1.54) is 18.9 Å². The number of anilines is 1. The lowest BCUT2D eigenvalue weighted by molar-refractivity contribution is -0.113. The van der Waals surface area contributed by atoms with Crippen LogP contribution in [0.1, 0.15) is 23.1 Å². The average Bonchev–Trinajstić information content (AvgIpc) is 2.92. The first kappa shape index (κ1) is 17.0. The summed E-state index contributed by atoms with van der Waals surface area (Å²) in [5.74, 6) is 0.268. The second-order valence-corrected chi connectivity index (χ2v) is 5.59. The third-order valence-corrected chi connectivity index (χ3v) is 4.12. The van der Waals surface area contributed by atoms with Crippen molar-refractivity contribution >= 4 is 29.3 Å². The van der Waals surface area contributed by atoms with Crippen LogP contribution >= 0.6 is 11.8 Å². The topological polar surface area (TPSA) is 86.1 Å². The number of nitrogens with zero attached hydrogens (tertiary/aromatic N) is 3. The van der Waals surface area contributed by atoms with E-state index in [1.54, 1.807) is 24.3 Å². The summed E-state index contributed by atoms with van der Waals surface area (Å²) in [5.41, 5.74) is 0.749. The van der Waals surface area contributed by atoms with Crippen LogP contribution in [-0.2, 0) is 16.1 Å². The van der Waals surface area contributed by atoms with Gasteiger partial charge < -0.3 is 14.6 Å². The maximum absolute atomic E-state index is 12.1. The van der Waals surface area contributed by atoms with Crippen LogP contribution in [0.15, 0.2) is 29.4 Å². The molecular formula is C15H18N4O3S. The number of aromatic nitrogens is 3. The van der Waals surface area contributed by atoms with Crippen molar-refractivity contribution in [2.24, 2.45) is 0 Å². The van der Waals surface area contributed by atoms with Gasteiger partial charge in [-0.2, -0.15) is 0 Å². The maximum Gasteiger partial charge on any atom is 0.339 e. The number of esters is 1. The normalized spacial score (nSPS) is 10.4. The number of amides is 1. The highest BCUT2D eigenvalue weighted by atomic mass is 32.2. The number of hydrogen-bond acceptors (Lipinski definition) is 6. The molecule has 1 aromatic carbocycles. The van der Waals surface area contributed by atoms with Crippen molar-refractivity contribution in [2.45, 2.75) is 25.5 Å². The Morgan fingerprint density at radius 2 is 2.04 bits per heavy atom. The van der Waals surface area contributed by atoms with E-state index in [1.807, 2.05) is 18.4 Å². The molecule has 0 bridgehead atoms. The van der Waals surface area contributed by atoms with Crippen molar-refractivity contribution in [1.82, 2.24) is 14.8 Å². The van der Waals surface area contributed by atoms with E-state index in [2.05, 4.69) is 15.5 Å². The average molecular weight is 334 g/mol. The standard InChI is InChI=1S/C15H18N4O3S/c1-4-19-10(2)17-18-15(19)23-9-13(20)16-12-8-6-5-7-11(12)14(21)22-3/h5-8H,4,9H2,1-3H3,(H,16,20). The van der Waals surface area contributed by atoms with Crippen molar-refractivity contribution in [3.8, 4) is 0 Å². The van der Waals surface area contributed by atoms with Crippen molar-refractivity contribution < 1.29 is 14.3 Å². The molecule has 2 aromatic rings. The Labute approximate surface area is 138 Å². The predicted octanol–water partition coefficient (Wildman–Crippen LogP) is 2.12. The monoisotopic (exact) mass is 334 g/mol. The summed E-state index contributed by atoms with van der Waals surface area (Å²) in [6, 6.07) is 6.72. The Morgan fingerprint density at radius 1 is 1.30 bits per heavy atom. The van der Waals surface area contributed by atoms with Gasteiger partial charge in [0.1, 0.15) is 5.82 Å². The fraction of sp³-hybridized carbons (Fsp3) is 0.333. The fourth-order valence-electron chi connectivity index (χ4n) is 2.03. The van der Waals surface area contributed by atoms with Crippen LogP contribution < -0.4 is 5.32 Å². The SMILES string of the molecule is CCn1c(C)nnc1SCC(=O)Nc1ccccc1C(=O)OC. The van der Waals surface area contributed by atoms with E-state index in [-0.39, 0.29) is 11.7 Å². The van der Waals surface area contributed by atoms with E-state index in [4.69, 9.17) is 4.74 Å². The molecule has 1 aromatic heterocycles. The molecule has 1 N–H and O–H groups in total. The Kier molecular flexibility index (Phi) is 5.75. The second-order valence-electron chi connectivity index (χ2n) is 4.65. The van der Waals surface area contributed by atoms with Crippen LogP contribution in [0.3, 0.4) is 0 Å². The molecule has 0 aliphatic rings. The molecule has 0 radical (unpaired) electrons. The van der Waals surface area contributed by atoms with Gasteiger partial charge in [-0.1, -0.05) is 23.9 Å². The molecule has 7 nitrogen and oxygen atoms in total. The zero-order chi connectivity index (χ0) is 16.8. The van der Waals surface area contributed by atoms with Crippen LogP contribution in [0.4, 0.5) is 5.69 Å². The molecule has 0 aliphatic heterocycles. The minimum absolute atomic E-state index is 0.174. The van der Waals surface area contributed by atoms with E-state index in [0.717, 1.165) is 12.4 Å². The first-order valence-electron chi connectivity index (χ1n) is 7.06. The summed E-state index contributed by atoms with van der Waals surface area (Å²) >= 11 is 1.30. The van der Waals surface area contributed by atoms with Gasteiger partial charge in [0.15, 0.2) is 5.16 Å². The summed E-state index contributed by atoms with van der Waals surface area (Å²) in [4.78, 5) is 23.8. The van der Waals surface area contributed by atoms with Crippen molar-refractivity contribution in [1.29, 1.82) is 0 Å². The molecule has 0 atom stereocenters. The molecule has 1 amide bonds. The van der Waals surface area contributed by atoms with E-state index in [0.29, 0.717) is 16.4 Å². The molecule has 0 unspecified atom stereocenters. The summed E-state index contributed by atoms with van der Waals surface area (Å²) in [7, 11) is 1.30. The highest BCUT2D eigenvalue weighted by Crippen LogP contribution is 2.19. The highest BCUT2D eigenvalue weighted by Gasteiger charge is 2.15. The highest BCUT2D eigenvalue weighted by molar-refractivity contribution is 7.99. The molecule has 23 heavy (non-hydrogen) atoms. The van der Waals surface area contributed by atoms with Crippen LogP contribution in [0.25, 0.3) is 0 Å². The Balaban J connectivity index is 2.02. The number of thioether (sulfide) groups is 1. The number of benzene rings is 1. The Bertz CT molecular complexity index is 714. The van der Waals surface area contributed by atoms with Gasteiger partial charge >= 0.3 is 5.97 Å². The number of ether oxygens (including phenoxy) is 1. The quantitative estimate of drug-likeness (QED) is 0.643. The van der Waals surface area contributed by atoms with Gasteiger partial charge in [0.25, 0.3) is 0 Å². The molecule has 0 saturated heterocycles. The first-order valence-corrected chi connectivity index (χ1v) is 8.05. The van der Waals surface area contributed by atoms with Gasteiger partial charge in [-0.3, -0.25) is 4.79 Å². The number of aryl methyl sites for hydroxylation is 1. The molecule has 122 valence electrons. The number of carbonyl (C=O) groups is 2. The molecule has 1 heterocycles. The zero-order valence-corrected chi connectivity index (χ0v) is 14.0. The molecule has 0 aliphatic carbocycles. The number of nitrogens with one attached hydrogen (secondary N) is 1. The Morgan fingerprint density at radius 3 is 2.74 bits per heavy atom. The molecule has 0 saturated carbocycles. The number of hydrogen-bond donors (Lipinski definition) is 1. The van der Waals surface area contributed by atoms with Crippen molar-refractivity contribution in [3.63, 3.8) is 0 Å². The van der Waals surface area contributed by atoms with Gasteiger partial charge in [0.05, 0.1) is 24.1 Å². The predicted molar refractivity (Wildman–Crippen MR) is 87.6 cm³/mol. The lowest BCUT2D eigenvalue weighted by Gasteiger charge is -2.09. The minimum atomic E-state index is -0.491. The summed E-state index contributed by atoms with van der Waals surface area (Å²) in [5, 5.41) is 11.5. The van der Waals surface area contributed by atoms with Gasteiger partial charge in [0.2, 0.25) is 5.91 Å². The van der Waals surface area contributed by atoms with Gasteiger partial charge in [-0.15, -0.1) is 10.2 Å². The fourth-order valence-corrected chi connectivity index (χ4v) is 2.88. The van der Waals surface area contributed by atoms with Crippen molar-refractivity contribution in [3.05, 3.63) is 35.7 Å². The van der Waals surface area contributed by atoms with E-state index >= 15 is 0 Å². The van der Waals surface area contributed by atoms with Gasteiger partial charge in [-0.25, -0.2) is 4.79 Å². The number of rotatable bonds is 6. The van der Waals surface area contributed by atoms with Crippen molar-refractivity contribution in [2.75, 3.05) is 18.2 Å². The number of methoxy groups -OCH3 is 1. The summed E-state index contributed by atoms with van der Waals surface area (Å²) in [6.45, 7) is 4.61. The first-order chi connectivity index (χ1) is 11.1. The van der Waals surface area contributed by atoms with Crippen LogP contribution in [-0.4, -0.2) is 39.5 Å². The minimum Gasteiger partial charge on any atom is -0.465 e. The third-order valence-electron chi connectivity index (χ3n) is 3.16. The maximum atomic E-state index is 12.1. The van der Waals surface area contributed by atoms with Gasteiger partial charge in [0, 0.05) is 6.54 Å². The van der Waals surface area contributed by atoms with Crippen LogP contribution in [0.5, 0.6) is 0 Å². The lowest BCUT2D eigenvalue weighted by atomic mass is 10.2. The summed E-state index contributed by atoms with van der Waals surface area (Å²) < 4.78 is 6.63.